The molecular weight excluding hydrogens is 140 g/mol. The Morgan fingerprint density at radius 1 is 1.11 bits per heavy atom. The largest absolute Gasteiger partial charge is 0.396 e. The minimum absolute atomic E-state index is 0.0298. The molecule has 0 aromatic rings. The molecule has 1 atom stereocenters. The molecule has 0 bridgehead atoms. The highest BCUT2D eigenvalue weighted by atomic mass is 35.5. The van der Waals surface area contributed by atoms with Gasteiger partial charge in [0.1, 0.15) is 0 Å². The van der Waals surface area contributed by atoms with E-state index < -0.39 is 0 Å². The van der Waals surface area contributed by atoms with Crippen molar-refractivity contribution in [1.82, 2.24) is 0 Å². The lowest BCUT2D eigenvalue weighted by molar-refractivity contribution is 0.267. The SMILES string of the molecule is OCCCC(Cl)CCO. The van der Waals surface area contributed by atoms with Crippen LogP contribution in [0, 0.1) is 0 Å². The average Bonchev–Trinajstić information content (AvgIpc) is 1.85. The van der Waals surface area contributed by atoms with Crippen LogP contribution >= 0.6 is 11.6 Å². The fraction of sp³-hybridized carbons (Fsp3) is 1.00. The molecule has 0 aliphatic rings. The standard InChI is InChI=1S/C6H13ClO2/c7-6(3-5-9)2-1-4-8/h6,8-9H,1-5H2. The van der Waals surface area contributed by atoms with Gasteiger partial charge in [0.2, 0.25) is 0 Å². The molecule has 0 saturated heterocycles. The second-order valence-corrected chi connectivity index (χ2v) is 2.59. The maximum absolute atomic E-state index is 8.39. The Labute approximate surface area is 60.5 Å². The van der Waals surface area contributed by atoms with Crippen LogP contribution in [0.4, 0.5) is 0 Å². The first-order valence-electron chi connectivity index (χ1n) is 3.17. The monoisotopic (exact) mass is 152 g/mol. The molecule has 0 aliphatic carbocycles. The molecule has 2 N–H and O–H groups in total. The van der Waals surface area contributed by atoms with Gasteiger partial charge in [-0.1, -0.05) is 0 Å². The van der Waals surface area contributed by atoms with Gasteiger partial charge in [-0.2, -0.15) is 0 Å². The van der Waals surface area contributed by atoms with Crippen molar-refractivity contribution in [3.05, 3.63) is 0 Å². The number of hydrogen-bond acceptors (Lipinski definition) is 2. The summed E-state index contributed by atoms with van der Waals surface area (Å²) in [4.78, 5) is 0. The van der Waals surface area contributed by atoms with E-state index in [4.69, 9.17) is 21.8 Å². The highest BCUT2D eigenvalue weighted by Crippen LogP contribution is 2.07. The highest BCUT2D eigenvalue weighted by molar-refractivity contribution is 6.20. The van der Waals surface area contributed by atoms with Crippen LogP contribution < -0.4 is 0 Å². The van der Waals surface area contributed by atoms with Crippen LogP contribution in [0.25, 0.3) is 0 Å². The summed E-state index contributed by atoms with van der Waals surface area (Å²) in [5.41, 5.74) is 0. The Morgan fingerprint density at radius 2 is 1.78 bits per heavy atom. The third-order valence-corrected chi connectivity index (χ3v) is 1.55. The normalized spacial score (nSPS) is 13.7. The van der Waals surface area contributed by atoms with Crippen LogP contribution in [0.15, 0.2) is 0 Å². The van der Waals surface area contributed by atoms with Gasteiger partial charge in [-0.15, -0.1) is 11.6 Å². The minimum Gasteiger partial charge on any atom is -0.396 e. The predicted molar refractivity (Wildman–Crippen MR) is 37.7 cm³/mol. The number of rotatable bonds is 5. The maximum Gasteiger partial charge on any atom is 0.0445 e. The summed E-state index contributed by atoms with van der Waals surface area (Å²) in [6.45, 7) is 0.328. The molecule has 0 fully saturated rings. The van der Waals surface area contributed by atoms with Gasteiger partial charge in [0.05, 0.1) is 0 Å². The van der Waals surface area contributed by atoms with Gasteiger partial charge in [0.25, 0.3) is 0 Å². The summed E-state index contributed by atoms with van der Waals surface area (Å²) in [5, 5.41) is 16.8. The molecule has 2 nitrogen and oxygen atoms in total. The van der Waals surface area contributed by atoms with E-state index in [2.05, 4.69) is 0 Å². The van der Waals surface area contributed by atoms with Crippen molar-refractivity contribution < 1.29 is 10.2 Å². The third-order valence-electron chi connectivity index (χ3n) is 1.12. The summed E-state index contributed by atoms with van der Waals surface area (Å²) in [6.07, 6.45) is 2.15. The first-order chi connectivity index (χ1) is 4.31. The Bertz CT molecular complexity index is 59.0. The topological polar surface area (TPSA) is 40.5 Å². The zero-order valence-electron chi connectivity index (χ0n) is 5.39. The molecule has 3 heteroatoms. The zero-order chi connectivity index (χ0) is 7.11. The molecule has 1 unspecified atom stereocenters. The van der Waals surface area contributed by atoms with Gasteiger partial charge >= 0.3 is 0 Å². The van der Waals surface area contributed by atoms with Crippen LogP contribution in [0.2, 0.25) is 0 Å². The Kier molecular flexibility index (Phi) is 6.48. The number of aliphatic hydroxyl groups is 2. The lowest BCUT2D eigenvalue weighted by Crippen LogP contribution is -2.02. The van der Waals surface area contributed by atoms with E-state index in [-0.39, 0.29) is 18.6 Å². The van der Waals surface area contributed by atoms with Crippen molar-refractivity contribution in [3.63, 3.8) is 0 Å². The predicted octanol–water partition coefficient (Wildman–Crippen LogP) is 0.749. The summed E-state index contributed by atoms with van der Waals surface area (Å²) in [6, 6.07) is 0. The fourth-order valence-corrected chi connectivity index (χ4v) is 0.849. The van der Waals surface area contributed by atoms with Gasteiger partial charge in [-0.3, -0.25) is 0 Å². The highest BCUT2D eigenvalue weighted by Gasteiger charge is 2.01. The lowest BCUT2D eigenvalue weighted by atomic mass is 10.2. The molecule has 0 aromatic carbocycles. The van der Waals surface area contributed by atoms with E-state index in [1.54, 1.807) is 0 Å². The Balaban J connectivity index is 2.95. The summed E-state index contributed by atoms with van der Waals surface area (Å²) in [7, 11) is 0. The maximum atomic E-state index is 8.39. The van der Waals surface area contributed by atoms with Crippen molar-refractivity contribution in [2.45, 2.75) is 24.6 Å². The molecule has 0 heterocycles. The van der Waals surface area contributed by atoms with Gasteiger partial charge in [0.15, 0.2) is 0 Å². The van der Waals surface area contributed by atoms with Gasteiger partial charge in [-0.05, 0) is 19.3 Å². The van der Waals surface area contributed by atoms with Crippen molar-refractivity contribution in [2.24, 2.45) is 0 Å². The van der Waals surface area contributed by atoms with E-state index >= 15 is 0 Å². The third kappa shape index (κ3) is 6.09. The molecule has 0 rings (SSSR count). The number of aliphatic hydroxyl groups excluding tert-OH is 2. The first kappa shape index (κ1) is 9.21. The van der Waals surface area contributed by atoms with E-state index in [9.17, 15) is 0 Å². The average molecular weight is 153 g/mol. The molecule has 9 heavy (non-hydrogen) atoms. The van der Waals surface area contributed by atoms with Crippen molar-refractivity contribution in [1.29, 1.82) is 0 Å². The molecule has 0 aliphatic heterocycles. The van der Waals surface area contributed by atoms with E-state index in [0.29, 0.717) is 6.42 Å². The summed E-state index contributed by atoms with van der Waals surface area (Å²) in [5.74, 6) is 0. The van der Waals surface area contributed by atoms with Crippen molar-refractivity contribution in [3.8, 4) is 0 Å². The molecule has 0 saturated carbocycles. The fourth-order valence-electron chi connectivity index (χ4n) is 0.597. The summed E-state index contributed by atoms with van der Waals surface area (Å²) >= 11 is 5.69. The smallest absolute Gasteiger partial charge is 0.0445 e. The van der Waals surface area contributed by atoms with Crippen LogP contribution in [0.1, 0.15) is 19.3 Å². The number of hydrogen-bond donors (Lipinski definition) is 2. The number of halogens is 1. The van der Waals surface area contributed by atoms with E-state index in [1.807, 2.05) is 0 Å². The molecule has 56 valence electrons. The van der Waals surface area contributed by atoms with Crippen molar-refractivity contribution in [2.75, 3.05) is 13.2 Å². The zero-order valence-corrected chi connectivity index (χ0v) is 6.14. The Morgan fingerprint density at radius 3 is 2.22 bits per heavy atom. The van der Waals surface area contributed by atoms with Gasteiger partial charge in [-0.25, -0.2) is 0 Å². The lowest BCUT2D eigenvalue weighted by Gasteiger charge is -2.03. The van der Waals surface area contributed by atoms with Crippen LogP contribution in [0.5, 0.6) is 0 Å². The molecule has 0 aromatic heterocycles. The van der Waals surface area contributed by atoms with Crippen LogP contribution in [0.3, 0.4) is 0 Å². The van der Waals surface area contributed by atoms with Gasteiger partial charge in [0, 0.05) is 18.6 Å². The van der Waals surface area contributed by atoms with Crippen LogP contribution in [-0.2, 0) is 0 Å². The molecule has 0 spiro atoms. The van der Waals surface area contributed by atoms with E-state index in [1.165, 1.54) is 0 Å². The molecule has 0 amide bonds. The van der Waals surface area contributed by atoms with Gasteiger partial charge < -0.3 is 10.2 Å². The summed E-state index contributed by atoms with van der Waals surface area (Å²) < 4.78 is 0. The second-order valence-electron chi connectivity index (χ2n) is 1.98. The van der Waals surface area contributed by atoms with Crippen molar-refractivity contribution >= 4 is 11.6 Å². The van der Waals surface area contributed by atoms with E-state index in [0.717, 1.165) is 12.8 Å². The quantitative estimate of drug-likeness (QED) is 0.571. The Hall–Kier alpha value is 0.210. The van der Waals surface area contributed by atoms with Crippen LogP contribution in [-0.4, -0.2) is 28.8 Å². The molecular formula is C6H13ClO2. The second kappa shape index (κ2) is 6.33. The molecule has 0 radical (unpaired) electrons. The number of alkyl halides is 1. The first-order valence-corrected chi connectivity index (χ1v) is 3.60. The minimum atomic E-state index is 0.0298.